The molecule has 1 aliphatic carbocycles. The zero-order chi connectivity index (χ0) is 13.9. The summed E-state index contributed by atoms with van der Waals surface area (Å²) in [5.74, 6) is -1.21. The Morgan fingerprint density at radius 3 is 2.32 bits per heavy atom. The summed E-state index contributed by atoms with van der Waals surface area (Å²) in [6.07, 6.45) is 3.22. The van der Waals surface area contributed by atoms with Gasteiger partial charge in [-0.15, -0.1) is 0 Å². The standard InChI is InChI=1S/C13H21NO5/c15-8-9-19-10-2-6-14(7-3-10)11(16)13(12(17)18)4-1-5-13/h10,15H,1-9H2,(H,17,18). The van der Waals surface area contributed by atoms with Gasteiger partial charge < -0.3 is 19.8 Å². The van der Waals surface area contributed by atoms with Crippen molar-refractivity contribution in [1.29, 1.82) is 0 Å². The van der Waals surface area contributed by atoms with Crippen molar-refractivity contribution in [2.24, 2.45) is 5.41 Å². The molecule has 1 heterocycles. The van der Waals surface area contributed by atoms with Crippen molar-refractivity contribution in [2.75, 3.05) is 26.3 Å². The number of carboxylic acid groups (broad SMARTS) is 1. The molecule has 0 spiro atoms. The molecule has 0 aromatic carbocycles. The monoisotopic (exact) mass is 271 g/mol. The number of amides is 1. The van der Waals surface area contributed by atoms with E-state index < -0.39 is 11.4 Å². The van der Waals surface area contributed by atoms with Gasteiger partial charge in [-0.2, -0.15) is 0 Å². The lowest BCUT2D eigenvalue weighted by atomic mass is 9.67. The number of ether oxygens (including phenoxy) is 1. The van der Waals surface area contributed by atoms with Crippen LogP contribution in [-0.4, -0.2) is 59.4 Å². The second-order valence-electron chi connectivity index (χ2n) is 5.33. The minimum atomic E-state index is -1.15. The third-order valence-electron chi connectivity index (χ3n) is 4.20. The molecule has 0 aromatic rings. The Bertz CT molecular complexity index is 345. The van der Waals surface area contributed by atoms with E-state index in [4.69, 9.17) is 9.84 Å². The number of aliphatic hydroxyl groups is 1. The van der Waals surface area contributed by atoms with E-state index in [1.807, 2.05) is 0 Å². The van der Waals surface area contributed by atoms with Gasteiger partial charge >= 0.3 is 5.97 Å². The quantitative estimate of drug-likeness (QED) is 0.699. The number of hydrogen-bond donors (Lipinski definition) is 2. The topological polar surface area (TPSA) is 87.1 Å². The zero-order valence-corrected chi connectivity index (χ0v) is 11.0. The van der Waals surface area contributed by atoms with Crippen LogP contribution in [0.3, 0.4) is 0 Å². The van der Waals surface area contributed by atoms with Gasteiger partial charge in [0, 0.05) is 13.1 Å². The molecule has 6 heteroatoms. The zero-order valence-electron chi connectivity index (χ0n) is 11.0. The molecule has 1 amide bonds. The molecule has 108 valence electrons. The van der Waals surface area contributed by atoms with Crippen molar-refractivity contribution in [2.45, 2.75) is 38.2 Å². The van der Waals surface area contributed by atoms with E-state index in [-0.39, 0.29) is 18.6 Å². The lowest BCUT2D eigenvalue weighted by Crippen LogP contribution is -2.54. The Hall–Kier alpha value is -1.14. The fourth-order valence-electron chi connectivity index (χ4n) is 2.80. The fourth-order valence-corrected chi connectivity index (χ4v) is 2.80. The van der Waals surface area contributed by atoms with Gasteiger partial charge in [-0.3, -0.25) is 9.59 Å². The van der Waals surface area contributed by atoms with Gasteiger partial charge in [0.05, 0.1) is 19.3 Å². The molecule has 2 fully saturated rings. The van der Waals surface area contributed by atoms with Crippen LogP contribution in [0.2, 0.25) is 0 Å². The Morgan fingerprint density at radius 2 is 1.89 bits per heavy atom. The minimum absolute atomic E-state index is 0.00126. The number of piperidine rings is 1. The van der Waals surface area contributed by atoms with Gasteiger partial charge in [-0.25, -0.2) is 0 Å². The minimum Gasteiger partial charge on any atom is -0.480 e. The Morgan fingerprint density at radius 1 is 1.26 bits per heavy atom. The number of carboxylic acids is 1. The van der Waals surface area contributed by atoms with Gasteiger partial charge in [0.1, 0.15) is 5.41 Å². The number of likely N-dealkylation sites (tertiary alicyclic amines) is 1. The van der Waals surface area contributed by atoms with E-state index >= 15 is 0 Å². The molecule has 0 unspecified atom stereocenters. The van der Waals surface area contributed by atoms with Crippen LogP contribution in [-0.2, 0) is 14.3 Å². The number of carbonyl (C=O) groups excluding carboxylic acids is 1. The maximum absolute atomic E-state index is 12.3. The molecule has 2 N–H and O–H groups in total. The molecule has 1 saturated carbocycles. The van der Waals surface area contributed by atoms with Crippen molar-refractivity contribution >= 4 is 11.9 Å². The van der Waals surface area contributed by atoms with Crippen LogP contribution >= 0.6 is 0 Å². The second-order valence-corrected chi connectivity index (χ2v) is 5.33. The van der Waals surface area contributed by atoms with Gasteiger partial charge in [-0.1, -0.05) is 6.42 Å². The molecular formula is C13H21NO5. The van der Waals surface area contributed by atoms with E-state index in [1.54, 1.807) is 4.90 Å². The van der Waals surface area contributed by atoms with Crippen LogP contribution in [0, 0.1) is 5.41 Å². The lowest BCUT2D eigenvalue weighted by Gasteiger charge is -2.42. The summed E-state index contributed by atoms with van der Waals surface area (Å²) in [4.78, 5) is 25.3. The smallest absolute Gasteiger partial charge is 0.319 e. The third-order valence-corrected chi connectivity index (χ3v) is 4.20. The Labute approximate surface area is 112 Å². The molecule has 19 heavy (non-hydrogen) atoms. The normalized spacial score (nSPS) is 22.9. The summed E-state index contributed by atoms with van der Waals surface area (Å²) < 4.78 is 5.43. The van der Waals surface area contributed by atoms with Crippen molar-refractivity contribution in [3.63, 3.8) is 0 Å². The van der Waals surface area contributed by atoms with E-state index in [1.165, 1.54) is 0 Å². The van der Waals surface area contributed by atoms with Gasteiger partial charge in [0.2, 0.25) is 5.91 Å². The number of carbonyl (C=O) groups is 2. The highest BCUT2D eigenvalue weighted by atomic mass is 16.5. The second kappa shape index (κ2) is 5.88. The maximum Gasteiger partial charge on any atom is 0.319 e. The molecule has 6 nitrogen and oxygen atoms in total. The highest BCUT2D eigenvalue weighted by Gasteiger charge is 2.53. The molecule has 1 aliphatic heterocycles. The van der Waals surface area contributed by atoms with E-state index in [2.05, 4.69) is 0 Å². The summed E-state index contributed by atoms with van der Waals surface area (Å²) in [7, 11) is 0. The maximum atomic E-state index is 12.3. The summed E-state index contributed by atoms with van der Waals surface area (Å²) in [6.45, 7) is 1.41. The van der Waals surface area contributed by atoms with Crippen LogP contribution in [0.15, 0.2) is 0 Å². The van der Waals surface area contributed by atoms with E-state index in [9.17, 15) is 14.7 Å². The summed E-state index contributed by atoms with van der Waals surface area (Å²) in [6, 6.07) is 0. The average Bonchev–Trinajstić information content (AvgIpc) is 2.35. The molecule has 0 atom stereocenters. The molecule has 0 radical (unpaired) electrons. The third kappa shape index (κ3) is 2.74. The highest BCUT2D eigenvalue weighted by molar-refractivity contribution is 6.02. The van der Waals surface area contributed by atoms with Crippen molar-refractivity contribution < 1.29 is 24.5 Å². The molecule has 0 aromatic heterocycles. The van der Waals surface area contributed by atoms with Crippen LogP contribution in [0.25, 0.3) is 0 Å². The Kier molecular flexibility index (Phi) is 4.42. The van der Waals surface area contributed by atoms with Crippen molar-refractivity contribution in [3.05, 3.63) is 0 Å². The van der Waals surface area contributed by atoms with Crippen molar-refractivity contribution in [3.8, 4) is 0 Å². The first-order valence-corrected chi connectivity index (χ1v) is 6.85. The number of aliphatic carboxylic acids is 1. The SMILES string of the molecule is O=C(O)C1(C(=O)N2CCC(OCCO)CC2)CCC1. The Balaban J connectivity index is 1.87. The molecule has 2 rings (SSSR count). The summed E-state index contributed by atoms with van der Waals surface area (Å²) >= 11 is 0. The van der Waals surface area contributed by atoms with Gasteiger partial charge in [0.25, 0.3) is 0 Å². The first-order valence-electron chi connectivity index (χ1n) is 6.85. The van der Waals surface area contributed by atoms with E-state index in [0.29, 0.717) is 45.4 Å². The first-order chi connectivity index (χ1) is 9.10. The predicted octanol–water partition coefficient (Wildman–Crippen LogP) is 0.241. The van der Waals surface area contributed by atoms with Crippen molar-refractivity contribution in [1.82, 2.24) is 4.90 Å². The lowest BCUT2D eigenvalue weighted by molar-refractivity contribution is -0.168. The highest BCUT2D eigenvalue weighted by Crippen LogP contribution is 2.43. The van der Waals surface area contributed by atoms with Gasteiger partial charge in [-0.05, 0) is 25.7 Å². The molecule has 0 bridgehead atoms. The van der Waals surface area contributed by atoms with Crippen LogP contribution in [0.4, 0.5) is 0 Å². The average molecular weight is 271 g/mol. The van der Waals surface area contributed by atoms with Crippen LogP contribution in [0.1, 0.15) is 32.1 Å². The number of nitrogens with zero attached hydrogens (tertiary/aromatic N) is 1. The molecule has 1 saturated heterocycles. The molecular weight excluding hydrogens is 250 g/mol. The van der Waals surface area contributed by atoms with Gasteiger partial charge in [0.15, 0.2) is 0 Å². The number of aliphatic hydroxyl groups excluding tert-OH is 1. The summed E-state index contributed by atoms with van der Waals surface area (Å²) in [5, 5.41) is 17.9. The van der Waals surface area contributed by atoms with Crippen LogP contribution < -0.4 is 0 Å². The predicted molar refractivity (Wildman–Crippen MR) is 66.6 cm³/mol. The molecule has 2 aliphatic rings. The summed E-state index contributed by atoms with van der Waals surface area (Å²) in [5.41, 5.74) is -1.15. The number of rotatable bonds is 5. The fraction of sp³-hybridized carbons (Fsp3) is 0.846. The number of hydrogen-bond acceptors (Lipinski definition) is 4. The first kappa shape index (κ1) is 14.3. The van der Waals surface area contributed by atoms with E-state index in [0.717, 1.165) is 6.42 Å². The van der Waals surface area contributed by atoms with Crippen LogP contribution in [0.5, 0.6) is 0 Å². The largest absolute Gasteiger partial charge is 0.480 e.